The molecule has 5 rings (SSSR count). The van der Waals surface area contributed by atoms with Gasteiger partial charge in [0.15, 0.2) is 5.58 Å². The Labute approximate surface area is 250 Å². The summed E-state index contributed by atoms with van der Waals surface area (Å²) in [6.45, 7) is 8.71. The number of nitrogens with one attached hydrogen (secondary N) is 4. The zero-order valence-electron chi connectivity index (χ0n) is 25.2. The van der Waals surface area contributed by atoms with Gasteiger partial charge in [0, 0.05) is 56.4 Å². The van der Waals surface area contributed by atoms with Crippen LogP contribution in [0.3, 0.4) is 0 Å². The number of likely N-dealkylation sites (tertiary alicyclic amines) is 1. The molecule has 3 heterocycles. The van der Waals surface area contributed by atoms with Crippen LogP contribution in [0.4, 0.5) is 15.3 Å². The number of nitrogens with zero attached hydrogens (tertiary/aromatic N) is 3. The lowest BCUT2D eigenvalue weighted by molar-refractivity contribution is -0.133. The average Bonchev–Trinajstić information content (AvgIpc) is 3.36. The molecular formula is C31H41N7O5. The van der Waals surface area contributed by atoms with Crippen molar-refractivity contribution in [3.05, 3.63) is 64.1 Å². The number of benzene rings is 2. The first-order valence-corrected chi connectivity index (χ1v) is 14.9. The van der Waals surface area contributed by atoms with Crippen LogP contribution >= 0.6 is 0 Å². The predicted molar refractivity (Wildman–Crippen MR) is 164 cm³/mol. The lowest BCUT2D eigenvalue weighted by atomic mass is 9.79. The number of fused-ring (bicyclic) bond motifs is 3. The minimum atomic E-state index is -0.824. The molecule has 5 amide bonds. The van der Waals surface area contributed by atoms with Crippen LogP contribution in [0.1, 0.15) is 44.7 Å². The molecule has 1 saturated heterocycles. The Kier molecular flexibility index (Phi) is 8.77. The van der Waals surface area contributed by atoms with Crippen LogP contribution < -0.4 is 21.7 Å². The zero-order chi connectivity index (χ0) is 30.7. The summed E-state index contributed by atoms with van der Waals surface area (Å²) in [5.41, 5.74) is 2.98. The summed E-state index contributed by atoms with van der Waals surface area (Å²) in [5, 5.41) is 8.98. The van der Waals surface area contributed by atoms with Gasteiger partial charge in [-0.2, -0.15) is 0 Å². The van der Waals surface area contributed by atoms with E-state index in [2.05, 4.69) is 39.7 Å². The molecule has 1 aromatic heterocycles. The maximum Gasteiger partial charge on any atom is 0.417 e. The maximum atomic E-state index is 13.9. The summed E-state index contributed by atoms with van der Waals surface area (Å²) in [7, 11) is 2.02. The Balaban J connectivity index is 1.32. The molecule has 1 spiro atoms. The minimum absolute atomic E-state index is 0.170. The van der Waals surface area contributed by atoms with Gasteiger partial charge in [0.05, 0.1) is 11.1 Å². The number of likely N-dealkylation sites (N-methyl/N-ethyl adjacent to an activating group) is 2. The van der Waals surface area contributed by atoms with Crippen molar-refractivity contribution in [3.63, 3.8) is 0 Å². The molecule has 1 atom stereocenters. The van der Waals surface area contributed by atoms with Crippen LogP contribution in [0.2, 0.25) is 0 Å². The maximum absolute atomic E-state index is 13.9. The third-order valence-electron chi connectivity index (χ3n) is 8.77. The van der Waals surface area contributed by atoms with Gasteiger partial charge < -0.3 is 35.1 Å². The van der Waals surface area contributed by atoms with E-state index in [0.29, 0.717) is 62.7 Å². The van der Waals surface area contributed by atoms with Gasteiger partial charge in [0.1, 0.15) is 6.04 Å². The molecule has 43 heavy (non-hydrogen) atoms. The molecule has 4 N–H and O–H groups in total. The second-order valence-corrected chi connectivity index (χ2v) is 11.7. The predicted octanol–water partition coefficient (Wildman–Crippen LogP) is 3.06. The van der Waals surface area contributed by atoms with Crippen LogP contribution in [0, 0.1) is 0 Å². The van der Waals surface area contributed by atoms with Crippen molar-refractivity contribution in [2.24, 2.45) is 0 Å². The van der Waals surface area contributed by atoms with Crippen molar-refractivity contribution < 1.29 is 18.8 Å². The van der Waals surface area contributed by atoms with Crippen molar-refractivity contribution in [3.8, 4) is 0 Å². The number of oxazole rings is 1. The molecular weight excluding hydrogens is 550 g/mol. The van der Waals surface area contributed by atoms with Gasteiger partial charge in [-0.1, -0.05) is 24.3 Å². The number of para-hydroxylation sites is 1. The number of anilines is 1. The Morgan fingerprint density at radius 3 is 2.56 bits per heavy atom. The first-order chi connectivity index (χ1) is 20.6. The molecule has 12 nitrogen and oxygen atoms in total. The SMILES string of the molecule is CCN(CCN(C)C(C)C)C(=O)C(Cc1ccc2[nH]c(=O)oc2c1)NC(=O)N1CCC2(CC1)NC(=O)Nc1ccccc12. The fraction of sp³-hybridized carbons (Fsp3) is 0.484. The average molecular weight is 592 g/mol. The number of aromatic amines is 1. The van der Waals surface area contributed by atoms with E-state index in [1.165, 1.54) is 0 Å². The van der Waals surface area contributed by atoms with Crippen molar-refractivity contribution in [2.75, 3.05) is 45.1 Å². The molecule has 1 unspecified atom stereocenters. The van der Waals surface area contributed by atoms with Gasteiger partial charge in [0.2, 0.25) is 5.91 Å². The number of carbonyl (C=O) groups excluding carboxylic acids is 3. The first kappa shape index (κ1) is 30.1. The number of rotatable bonds is 9. The highest BCUT2D eigenvalue weighted by Crippen LogP contribution is 2.39. The number of urea groups is 2. The molecule has 12 heteroatoms. The summed E-state index contributed by atoms with van der Waals surface area (Å²) in [5.74, 6) is -0.716. The number of carbonyl (C=O) groups is 3. The minimum Gasteiger partial charge on any atom is -0.408 e. The van der Waals surface area contributed by atoms with E-state index in [0.717, 1.165) is 16.8 Å². The van der Waals surface area contributed by atoms with Crippen LogP contribution in [0.25, 0.3) is 11.1 Å². The number of hydrogen-bond donors (Lipinski definition) is 4. The summed E-state index contributed by atoms with van der Waals surface area (Å²) in [6, 6.07) is 12.0. The Bertz CT molecular complexity index is 1540. The zero-order valence-corrected chi connectivity index (χ0v) is 25.2. The smallest absolute Gasteiger partial charge is 0.408 e. The highest BCUT2D eigenvalue weighted by Gasteiger charge is 2.43. The molecule has 3 aromatic rings. The fourth-order valence-electron chi connectivity index (χ4n) is 5.91. The van der Waals surface area contributed by atoms with E-state index in [9.17, 15) is 19.2 Å². The summed E-state index contributed by atoms with van der Waals surface area (Å²) in [4.78, 5) is 59.9. The highest BCUT2D eigenvalue weighted by atomic mass is 16.4. The fourth-order valence-corrected chi connectivity index (χ4v) is 5.91. The Morgan fingerprint density at radius 1 is 1.09 bits per heavy atom. The van der Waals surface area contributed by atoms with Gasteiger partial charge in [-0.15, -0.1) is 0 Å². The van der Waals surface area contributed by atoms with Gasteiger partial charge in [-0.3, -0.25) is 9.78 Å². The summed E-state index contributed by atoms with van der Waals surface area (Å²) >= 11 is 0. The molecule has 2 aliphatic heterocycles. The van der Waals surface area contributed by atoms with E-state index < -0.39 is 17.3 Å². The molecule has 2 aliphatic rings. The van der Waals surface area contributed by atoms with Gasteiger partial charge in [-0.05, 0) is 64.4 Å². The summed E-state index contributed by atoms with van der Waals surface area (Å²) < 4.78 is 5.23. The third kappa shape index (κ3) is 6.53. The van der Waals surface area contributed by atoms with Crippen LogP contribution in [-0.4, -0.2) is 89.5 Å². The van der Waals surface area contributed by atoms with E-state index in [1.54, 1.807) is 21.9 Å². The number of amides is 5. The van der Waals surface area contributed by atoms with Crippen molar-refractivity contribution in [1.29, 1.82) is 0 Å². The number of piperidine rings is 1. The number of H-pyrrole nitrogens is 1. The standard InChI is InChI=1S/C31H41N7O5/c1-5-37(17-16-36(4)20(2)3)27(39)25(18-21-10-11-24-26(19-21)43-30(42)34-24)33-29(41)38-14-12-31(13-15-38)22-8-6-7-9-23(22)32-28(40)35-31/h6-11,19-20,25H,5,12-18H2,1-4H3,(H,33,41)(H,34,42)(H2,32,35,40). The highest BCUT2D eigenvalue weighted by molar-refractivity contribution is 5.94. The molecule has 0 radical (unpaired) electrons. The molecule has 0 aliphatic carbocycles. The van der Waals surface area contributed by atoms with E-state index in [-0.39, 0.29) is 24.4 Å². The van der Waals surface area contributed by atoms with Crippen LogP contribution in [0.5, 0.6) is 0 Å². The normalized spacial score (nSPS) is 16.6. The van der Waals surface area contributed by atoms with E-state index in [4.69, 9.17) is 4.42 Å². The molecule has 2 aromatic carbocycles. The first-order valence-electron chi connectivity index (χ1n) is 14.9. The van der Waals surface area contributed by atoms with Gasteiger partial charge >= 0.3 is 17.8 Å². The topological polar surface area (TPSA) is 143 Å². The summed E-state index contributed by atoms with van der Waals surface area (Å²) in [6.07, 6.45) is 1.34. The quantitative estimate of drug-likeness (QED) is 0.301. The molecule has 1 fully saturated rings. The van der Waals surface area contributed by atoms with Crippen molar-refractivity contribution in [1.82, 2.24) is 30.3 Å². The Morgan fingerprint density at radius 2 is 1.84 bits per heavy atom. The number of hydrogen-bond acceptors (Lipinski definition) is 6. The largest absolute Gasteiger partial charge is 0.417 e. The van der Waals surface area contributed by atoms with Crippen molar-refractivity contribution in [2.45, 2.75) is 57.7 Å². The van der Waals surface area contributed by atoms with Gasteiger partial charge in [0.25, 0.3) is 0 Å². The molecule has 0 saturated carbocycles. The van der Waals surface area contributed by atoms with Gasteiger partial charge in [-0.25, -0.2) is 14.4 Å². The molecule has 0 bridgehead atoms. The monoisotopic (exact) mass is 591 g/mol. The third-order valence-corrected chi connectivity index (χ3v) is 8.77. The lowest BCUT2D eigenvalue weighted by Gasteiger charge is -2.45. The second-order valence-electron chi connectivity index (χ2n) is 11.7. The van der Waals surface area contributed by atoms with Crippen molar-refractivity contribution >= 4 is 34.8 Å². The van der Waals surface area contributed by atoms with E-state index >= 15 is 0 Å². The Hall–Kier alpha value is -4.32. The second kappa shape index (κ2) is 12.5. The lowest BCUT2D eigenvalue weighted by Crippen LogP contribution is -2.60. The van der Waals surface area contributed by atoms with Crippen LogP contribution in [-0.2, 0) is 16.8 Å². The van der Waals surface area contributed by atoms with Crippen LogP contribution in [0.15, 0.2) is 51.7 Å². The number of aromatic nitrogens is 1. The molecule has 230 valence electrons. The van der Waals surface area contributed by atoms with E-state index in [1.807, 2.05) is 44.3 Å².